The van der Waals surface area contributed by atoms with Crippen molar-refractivity contribution in [1.82, 2.24) is 9.80 Å². The van der Waals surface area contributed by atoms with Crippen LogP contribution in [0.2, 0.25) is 5.02 Å². The molecular weight excluding hydrogens is 316 g/mol. The monoisotopic (exact) mass is 338 g/mol. The number of amides is 1. The summed E-state index contributed by atoms with van der Waals surface area (Å²) in [5, 5.41) is 0.608. The van der Waals surface area contributed by atoms with Crippen molar-refractivity contribution in [3.63, 3.8) is 0 Å². The number of methoxy groups -OCH3 is 2. The SMILES string of the molecule is COc1cc(Cl)cc(CN2C[C@H]3CCCN3C(=O)[C@H]2C)c1OC. The van der Waals surface area contributed by atoms with E-state index in [-0.39, 0.29) is 11.9 Å². The van der Waals surface area contributed by atoms with Crippen molar-refractivity contribution in [2.45, 2.75) is 38.4 Å². The number of benzene rings is 1. The molecule has 2 saturated heterocycles. The number of carbonyl (C=O) groups is 1. The van der Waals surface area contributed by atoms with Crippen molar-refractivity contribution < 1.29 is 14.3 Å². The molecule has 2 atom stereocenters. The molecule has 0 N–H and O–H groups in total. The Balaban J connectivity index is 1.86. The number of hydrogen-bond donors (Lipinski definition) is 0. The number of carbonyl (C=O) groups excluding carboxylic acids is 1. The summed E-state index contributed by atoms with van der Waals surface area (Å²) in [6.45, 7) is 4.39. The van der Waals surface area contributed by atoms with Crippen LogP contribution in [0.5, 0.6) is 11.5 Å². The third kappa shape index (κ3) is 3.00. The highest BCUT2D eigenvalue weighted by Crippen LogP contribution is 2.36. The molecule has 0 unspecified atom stereocenters. The summed E-state index contributed by atoms with van der Waals surface area (Å²) in [4.78, 5) is 16.8. The summed E-state index contributed by atoms with van der Waals surface area (Å²) in [5.74, 6) is 1.53. The summed E-state index contributed by atoms with van der Waals surface area (Å²) in [6, 6.07) is 3.85. The number of rotatable bonds is 4. The Bertz CT molecular complexity index is 608. The molecule has 2 aliphatic rings. The fourth-order valence-electron chi connectivity index (χ4n) is 3.68. The van der Waals surface area contributed by atoms with Gasteiger partial charge in [0.2, 0.25) is 5.91 Å². The van der Waals surface area contributed by atoms with Crippen molar-refractivity contribution in [2.24, 2.45) is 0 Å². The van der Waals surface area contributed by atoms with Crippen LogP contribution in [0.1, 0.15) is 25.3 Å². The molecule has 0 radical (unpaired) electrons. The highest BCUT2D eigenvalue weighted by Gasteiger charge is 2.40. The molecule has 0 bridgehead atoms. The van der Waals surface area contributed by atoms with E-state index in [4.69, 9.17) is 21.1 Å². The van der Waals surface area contributed by atoms with Gasteiger partial charge in [-0.25, -0.2) is 0 Å². The lowest BCUT2D eigenvalue weighted by Gasteiger charge is -2.41. The molecule has 2 fully saturated rings. The predicted molar refractivity (Wildman–Crippen MR) is 89.2 cm³/mol. The van der Waals surface area contributed by atoms with E-state index in [2.05, 4.69) is 4.90 Å². The zero-order valence-corrected chi connectivity index (χ0v) is 14.6. The van der Waals surface area contributed by atoms with E-state index in [9.17, 15) is 4.79 Å². The van der Waals surface area contributed by atoms with Crippen molar-refractivity contribution in [1.29, 1.82) is 0 Å². The van der Waals surface area contributed by atoms with Crippen LogP contribution in [-0.2, 0) is 11.3 Å². The third-order valence-corrected chi connectivity index (χ3v) is 5.12. The Labute approximate surface area is 142 Å². The molecule has 3 rings (SSSR count). The minimum atomic E-state index is -0.126. The van der Waals surface area contributed by atoms with E-state index in [1.807, 2.05) is 17.9 Å². The van der Waals surface area contributed by atoms with Gasteiger partial charge in [-0.3, -0.25) is 9.69 Å². The van der Waals surface area contributed by atoms with Crippen LogP contribution in [-0.4, -0.2) is 55.1 Å². The Kier molecular flexibility index (Phi) is 4.69. The van der Waals surface area contributed by atoms with Crippen molar-refractivity contribution in [2.75, 3.05) is 27.3 Å². The molecule has 1 aromatic carbocycles. The molecule has 2 heterocycles. The van der Waals surface area contributed by atoms with E-state index in [0.717, 1.165) is 31.5 Å². The van der Waals surface area contributed by atoms with Gasteiger partial charge >= 0.3 is 0 Å². The standard InChI is InChI=1S/C17H23ClN2O3/c1-11-17(21)20-6-4-5-14(20)10-19(11)9-12-7-13(18)8-15(22-2)16(12)23-3/h7-8,11,14H,4-6,9-10H2,1-3H3/t11-,14-/m1/s1. The lowest BCUT2D eigenvalue weighted by atomic mass is 10.1. The number of nitrogens with zero attached hydrogens (tertiary/aromatic N) is 2. The Morgan fingerprint density at radius 2 is 2.09 bits per heavy atom. The molecule has 0 aliphatic carbocycles. The first-order valence-corrected chi connectivity index (χ1v) is 8.38. The summed E-state index contributed by atoms with van der Waals surface area (Å²) >= 11 is 6.20. The van der Waals surface area contributed by atoms with Crippen molar-refractivity contribution in [3.8, 4) is 11.5 Å². The number of piperazine rings is 1. The smallest absolute Gasteiger partial charge is 0.239 e. The van der Waals surface area contributed by atoms with Crippen LogP contribution in [0.15, 0.2) is 12.1 Å². The van der Waals surface area contributed by atoms with E-state index in [1.54, 1.807) is 20.3 Å². The first-order valence-electron chi connectivity index (χ1n) is 8.00. The molecule has 0 aromatic heterocycles. The van der Waals surface area contributed by atoms with Crippen LogP contribution < -0.4 is 9.47 Å². The Hall–Kier alpha value is -1.46. The van der Waals surface area contributed by atoms with Gasteiger partial charge in [0, 0.05) is 42.3 Å². The second-order valence-electron chi connectivity index (χ2n) is 6.23. The van der Waals surface area contributed by atoms with Gasteiger partial charge in [0.05, 0.1) is 20.3 Å². The highest BCUT2D eigenvalue weighted by molar-refractivity contribution is 6.30. The predicted octanol–water partition coefficient (Wildman–Crippen LogP) is 2.55. The molecule has 2 aliphatic heterocycles. The fraction of sp³-hybridized carbons (Fsp3) is 0.588. The third-order valence-electron chi connectivity index (χ3n) is 4.90. The molecule has 5 nitrogen and oxygen atoms in total. The van der Waals surface area contributed by atoms with Crippen LogP contribution in [0, 0.1) is 0 Å². The maximum absolute atomic E-state index is 12.6. The van der Waals surface area contributed by atoms with E-state index < -0.39 is 0 Å². The van der Waals surface area contributed by atoms with Crippen LogP contribution in [0.3, 0.4) is 0 Å². The maximum atomic E-state index is 12.6. The number of halogens is 1. The zero-order valence-electron chi connectivity index (χ0n) is 13.8. The van der Waals surface area contributed by atoms with Gasteiger partial charge in [-0.05, 0) is 25.8 Å². The van der Waals surface area contributed by atoms with Gasteiger partial charge in [-0.2, -0.15) is 0 Å². The Morgan fingerprint density at radius 3 is 2.78 bits per heavy atom. The average molecular weight is 339 g/mol. The quantitative estimate of drug-likeness (QED) is 0.846. The highest BCUT2D eigenvalue weighted by atomic mass is 35.5. The van der Waals surface area contributed by atoms with Gasteiger partial charge in [-0.1, -0.05) is 11.6 Å². The minimum absolute atomic E-state index is 0.126. The summed E-state index contributed by atoms with van der Waals surface area (Å²) < 4.78 is 10.9. The van der Waals surface area contributed by atoms with Crippen molar-refractivity contribution in [3.05, 3.63) is 22.7 Å². The summed E-state index contributed by atoms with van der Waals surface area (Å²) in [6.07, 6.45) is 2.19. The van der Waals surface area contributed by atoms with Gasteiger partial charge in [0.25, 0.3) is 0 Å². The van der Waals surface area contributed by atoms with Gasteiger partial charge in [0.15, 0.2) is 11.5 Å². The first kappa shape index (κ1) is 16.4. The van der Waals surface area contributed by atoms with Crippen molar-refractivity contribution >= 4 is 17.5 Å². The number of ether oxygens (including phenoxy) is 2. The van der Waals surface area contributed by atoms with E-state index in [0.29, 0.717) is 29.1 Å². The van der Waals surface area contributed by atoms with E-state index >= 15 is 0 Å². The summed E-state index contributed by atoms with van der Waals surface area (Å²) in [5.41, 5.74) is 0.947. The fourth-order valence-corrected chi connectivity index (χ4v) is 3.92. The lowest BCUT2D eigenvalue weighted by Crippen LogP contribution is -2.58. The molecule has 126 valence electrons. The van der Waals surface area contributed by atoms with Crippen LogP contribution in [0.4, 0.5) is 0 Å². The lowest BCUT2D eigenvalue weighted by molar-refractivity contribution is -0.143. The van der Waals surface area contributed by atoms with Gasteiger partial charge in [0.1, 0.15) is 0 Å². The second-order valence-corrected chi connectivity index (χ2v) is 6.67. The van der Waals surface area contributed by atoms with E-state index in [1.165, 1.54) is 0 Å². The molecule has 6 heteroatoms. The molecule has 0 spiro atoms. The largest absolute Gasteiger partial charge is 0.493 e. The minimum Gasteiger partial charge on any atom is -0.493 e. The molecule has 0 saturated carbocycles. The number of hydrogen-bond acceptors (Lipinski definition) is 4. The topological polar surface area (TPSA) is 42.0 Å². The second kappa shape index (κ2) is 6.57. The molecule has 1 amide bonds. The van der Waals surface area contributed by atoms with Gasteiger partial charge < -0.3 is 14.4 Å². The molecule has 23 heavy (non-hydrogen) atoms. The normalized spacial score (nSPS) is 24.7. The zero-order chi connectivity index (χ0) is 16.6. The van der Waals surface area contributed by atoms with Crippen LogP contribution >= 0.6 is 11.6 Å². The van der Waals surface area contributed by atoms with Crippen LogP contribution in [0.25, 0.3) is 0 Å². The maximum Gasteiger partial charge on any atom is 0.239 e. The number of fused-ring (bicyclic) bond motifs is 1. The molecule has 1 aromatic rings. The Morgan fingerprint density at radius 1 is 1.30 bits per heavy atom. The first-order chi connectivity index (χ1) is 11.0. The van der Waals surface area contributed by atoms with Gasteiger partial charge in [-0.15, -0.1) is 0 Å². The average Bonchev–Trinajstić information content (AvgIpc) is 3.00. The molecular formula is C17H23ClN2O3. The summed E-state index contributed by atoms with van der Waals surface area (Å²) in [7, 11) is 3.22.